The molecule has 0 aliphatic carbocycles. The highest BCUT2D eigenvalue weighted by molar-refractivity contribution is 7.09. The number of nitrogens with two attached hydrogens (primary N) is 1. The van der Waals surface area contributed by atoms with Crippen molar-refractivity contribution in [2.24, 2.45) is 5.73 Å². The van der Waals surface area contributed by atoms with E-state index in [2.05, 4.69) is 4.98 Å². The first kappa shape index (κ1) is 18.5. The van der Waals surface area contributed by atoms with Gasteiger partial charge >= 0.3 is 5.97 Å². The van der Waals surface area contributed by atoms with Crippen molar-refractivity contribution in [3.05, 3.63) is 51.2 Å². The van der Waals surface area contributed by atoms with Gasteiger partial charge in [-0.1, -0.05) is 12.1 Å². The first-order chi connectivity index (χ1) is 10.1. The van der Waals surface area contributed by atoms with Crippen molar-refractivity contribution < 1.29 is 13.9 Å². The van der Waals surface area contributed by atoms with Crippen molar-refractivity contribution in [3.63, 3.8) is 0 Å². The van der Waals surface area contributed by atoms with Gasteiger partial charge in [-0.2, -0.15) is 0 Å². The molecule has 1 aromatic heterocycles. The second-order valence-electron chi connectivity index (χ2n) is 4.65. The molecule has 22 heavy (non-hydrogen) atoms. The molecule has 0 saturated carbocycles. The lowest BCUT2D eigenvalue weighted by Crippen LogP contribution is -2.16. The quantitative estimate of drug-likeness (QED) is 0.818. The molecule has 2 N–H and O–H groups in total. The number of carbonyl (C=O) groups excluding carboxylic acids is 1. The second kappa shape index (κ2) is 8.82. The number of benzene rings is 1. The summed E-state index contributed by atoms with van der Waals surface area (Å²) in [5, 5.41) is 3.06. The standard InChI is InChI=1S/C15H17FN2O2S.ClH/c1-10-18-13(9-21-10)5-3-11-2-4-12(14(16)6-11)8-20-15(19)7-17;/h2,4,6,9H,3,5,7-8,17H2,1H3;1H. The summed E-state index contributed by atoms with van der Waals surface area (Å²) in [6.07, 6.45) is 1.51. The maximum atomic E-state index is 13.9. The molecule has 0 amide bonds. The molecule has 0 aliphatic heterocycles. The molecule has 0 radical (unpaired) electrons. The number of hydrogen-bond acceptors (Lipinski definition) is 5. The van der Waals surface area contributed by atoms with Crippen LogP contribution in [-0.4, -0.2) is 17.5 Å². The first-order valence-corrected chi connectivity index (χ1v) is 7.50. The zero-order valence-electron chi connectivity index (χ0n) is 12.2. The van der Waals surface area contributed by atoms with Crippen LogP contribution in [0.15, 0.2) is 23.6 Å². The lowest BCUT2D eigenvalue weighted by molar-refractivity contribution is -0.143. The highest BCUT2D eigenvalue weighted by Crippen LogP contribution is 2.15. The third kappa shape index (κ3) is 5.36. The Morgan fingerprint density at radius 1 is 1.41 bits per heavy atom. The number of carbonyl (C=O) groups is 1. The van der Waals surface area contributed by atoms with Crippen molar-refractivity contribution in [3.8, 4) is 0 Å². The molecule has 0 atom stereocenters. The van der Waals surface area contributed by atoms with Crippen LogP contribution in [0.3, 0.4) is 0 Å². The summed E-state index contributed by atoms with van der Waals surface area (Å²) >= 11 is 1.61. The number of hydrogen-bond donors (Lipinski definition) is 1. The minimum atomic E-state index is -0.544. The van der Waals surface area contributed by atoms with Crippen LogP contribution in [0.25, 0.3) is 0 Å². The van der Waals surface area contributed by atoms with E-state index in [9.17, 15) is 9.18 Å². The van der Waals surface area contributed by atoms with Crippen LogP contribution in [-0.2, 0) is 29.0 Å². The molecule has 0 spiro atoms. The van der Waals surface area contributed by atoms with E-state index < -0.39 is 5.97 Å². The predicted octanol–water partition coefficient (Wildman–Crippen LogP) is 2.80. The molecule has 120 valence electrons. The van der Waals surface area contributed by atoms with Crippen LogP contribution < -0.4 is 5.73 Å². The van der Waals surface area contributed by atoms with Gasteiger partial charge in [0.25, 0.3) is 0 Å². The SMILES string of the molecule is Cc1nc(CCc2ccc(COC(=O)CN)c(F)c2)cs1.Cl. The maximum Gasteiger partial charge on any atom is 0.320 e. The highest BCUT2D eigenvalue weighted by atomic mass is 35.5. The Morgan fingerprint density at radius 2 is 2.18 bits per heavy atom. The third-order valence-corrected chi connectivity index (χ3v) is 3.83. The number of esters is 1. The molecule has 0 fully saturated rings. The number of thiazole rings is 1. The Labute approximate surface area is 138 Å². The van der Waals surface area contributed by atoms with Crippen LogP contribution in [0.4, 0.5) is 4.39 Å². The molecular formula is C15H18ClFN2O2S. The summed E-state index contributed by atoms with van der Waals surface area (Å²) < 4.78 is 18.7. The van der Waals surface area contributed by atoms with Crippen molar-refractivity contribution in [2.75, 3.05) is 6.54 Å². The van der Waals surface area contributed by atoms with E-state index in [1.807, 2.05) is 18.4 Å². The van der Waals surface area contributed by atoms with E-state index in [0.29, 0.717) is 5.56 Å². The van der Waals surface area contributed by atoms with Gasteiger partial charge in [0.15, 0.2) is 0 Å². The fourth-order valence-electron chi connectivity index (χ4n) is 1.88. The van der Waals surface area contributed by atoms with Crippen LogP contribution in [0.5, 0.6) is 0 Å². The summed E-state index contributed by atoms with van der Waals surface area (Å²) in [6, 6.07) is 4.96. The molecule has 0 saturated heterocycles. The number of aromatic nitrogens is 1. The van der Waals surface area contributed by atoms with Crippen molar-refractivity contribution in [1.82, 2.24) is 4.98 Å². The molecule has 1 aromatic carbocycles. The van der Waals surface area contributed by atoms with E-state index in [4.69, 9.17) is 10.5 Å². The zero-order valence-corrected chi connectivity index (χ0v) is 13.8. The molecule has 2 aromatic rings. The van der Waals surface area contributed by atoms with Crippen LogP contribution in [0.1, 0.15) is 21.8 Å². The summed E-state index contributed by atoms with van der Waals surface area (Å²) in [5.74, 6) is -0.913. The highest BCUT2D eigenvalue weighted by Gasteiger charge is 2.07. The molecule has 2 rings (SSSR count). The largest absolute Gasteiger partial charge is 0.460 e. The van der Waals surface area contributed by atoms with E-state index >= 15 is 0 Å². The topological polar surface area (TPSA) is 65.2 Å². The summed E-state index contributed by atoms with van der Waals surface area (Å²) in [7, 11) is 0. The van der Waals surface area contributed by atoms with E-state index in [0.717, 1.165) is 29.1 Å². The number of nitrogens with zero attached hydrogens (tertiary/aromatic N) is 1. The molecule has 0 unspecified atom stereocenters. The van der Waals surface area contributed by atoms with Gasteiger partial charge in [0.05, 0.1) is 17.2 Å². The van der Waals surface area contributed by atoms with E-state index in [1.54, 1.807) is 17.4 Å². The predicted molar refractivity (Wildman–Crippen MR) is 86.8 cm³/mol. The molecular weight excluding hydrogens is 327 g/mol. The fraction of sp³-hybridized carbons (Fsp3) is 0.333. The Balaban J connectivity index is 0.00000242. The van der Waals surface area contributed by atoms with Crippen LogP contribution in [0, 0.1) is 12.7 Å². The van der Waals surface area contributed by atoms with Gasteiger partial charge in [0, 0.05) is 10.9 Å². The molecule has 0 aliphatic rings. The number of ether oxygens (including phenoxy) is 1. The van der Waals surface area contributed by atoms with E-state index in [1.165, 1.54) is 6.07 Å². The summed E-state index contributed by atoms with van der Waals surface area (Å²) in [5.41, 5.74) is 7.40. The van der Waals surface area contributed by atoms with Gasteiger partial charge in [-0.3, -0.25) is 4.79 Å². The maximum absolute atomic E-state index is 13.9. The average molecular weight is 345 g/mol. The van der Waals surface area contributed by atoms with Crippen molar-refractivity contribution >= 4 is 29.7 Å². The Morgan fingerprint density at radius 3 is 2.77 bits per heavy atom. The average Bonchev–Trinajstić information content (AvgIpc) is 2.89. The Hall–Kier alpha value is -1.50. The van der Waals surface area contributed by atoms with Crippen molar-refractivity contribution in [1.29, 1.82) is 0 Å². The Kier molecular flexibility index (Phi) is 7.44. The van der Waals surface area contributed by atoms with Crippen LogP contribution >= 0.6 is 23.7 Å². The van der Waals surface area contributed by atoms with E-state index in [-0.39, 0.29) is 31.4 Å². The third-order valence-electron chi connectivity index (χ3n) is 3.01. The fourth-order valence-corrected chi connectivity index (χ4v) is 2.52. The summed E-state index contributed by atoms with van der Waals surface area (Å²) in [4.78, 5) is 15.3. The summed E-state index contributed by atoms with van der Waals surface area (Å²) in [6.45, 7) is 1.67. The minimum absolute atomic E-state index is 0. The van der Waals surface area contributed by atoms with Gasteiger partial charge in [-0.25, -0.2) is 9.37 Å². The van der Waals surface area contributed by atoms with Gasteiger partial charge in [0.2, 0.25) is 0 Å². The first-order valence-electron chi connectivity index (χ1n) is 6.62. The smallest absolute Gasteiger partial charge is 0.320 e. The number of halogens is 2. The van der Waals surface area contributed by atoms with Gasteiger partial charge in [0.1, 0.15) is 12.4 Å². The van der Waals surface area contributed by atoms with Gasteiger partial charge in [-0.05, 0) is 31.4 Å². The van der Waals surface area contributed by atoms with Gasteiger partial charge < -0.3 is 10.5 Å². The van der Waals surface area contributed by atoms with Gasteiger partial charge in [-0.15, -0.1) is 23.7 Å². The molecule has 0 bridgehead atoms. The monoisotopic (exact) mass is 344 g/mol. The lowest BCUT2D eigenvalue weighted by atomic mass is 10.1. The molecule has 1 heterocycles. The number of aryl methyl sites for hydroxylation is 3. The lowest BCUT2D eigenvalue weighted by Gasteiger charge is -2.07. The van der Waals surface area contributed by atoms with Crippen molar-refractivity contribution in [2.45, 2.75) is 26.4 Å². The molecule has 7 heteroatoms. The zero-order chi connectivity index (χ0) is 15.2. The second-order valence-corrected chi connectivity index (χ2v) is 5.71. The normalized spacial score (nSPS) is 10.1. The minimum Gasteiger partial charge on any atom is -0.460 e. The number of rotatable bonds is 6. The van der Waals surface area contributed by atoms with Crippen LogP contribution in [0.2, 0.25) is 0 Å². The molecule has 4 nitrogen and oxygen atoms in total. The Bertz CT molecular complexity index is 634.